The van der Waals surface area contributed by atoms with Gasteiger partial charge in [-0.3, -0.25) is 4.79 Å². The van der Waals surface area contributed by atoms with Crippen molar-refractivity contribution in [3.63, 3.8) is 0 Å². The van der Waals surface area contributed by atoms with Gasteiger partial charge in [0.15, 0.2) is 6.29 Å². The highest BCUT2D eigenvalue weighted by Gasteiger charge is 2.38. The first-order valence-electron chi connectivity index (χ1n) is 7.81. The molecule has 0 spiro atoms. The van der Waals surface area contributed by atoms with Crippen LogP contribution in [0, 0.1) is 5.41 Å². The highest BCUT2D eigenvalue weighted by molar-refractivity contribution is 5.66. The zero-order valence-electron chi connectivity index (χ0n) is 13.6. The van der Waals surface area contributed by atoms with Crippen LogP contribution in [0.2, 0.25) is 0 Å². The van der Waals surface area contributed by atoms with Crippen molar-refractivity contribution in [2.45, 2.75) is 91.8 Å². The molecule has 0 N–H and O–H groups in total. The van der Waals surface area contributed by atoms with Crippen molar-refractivity contribution in [1.82, 2.24) is 0 Å². The van der Waals surface area contributed by atoms with Crippen molar-refractivity contribution in [1.29, 1.82) is 0 Å². The summed E-state index contributed by atoms with van der Waals surface area (Å²) in [6.45, 7) is 9.84. The Morgan fingerprint density at radius 2 is 1.90 bits per heavy atom. The molecule has 0 aromatic rings. The quantitative estimate of drug-likeness (QED) is 0.546. The average Bonchev–Trinajstić information content (AvgIpc) is 2.32. The molecule has 0 unspecified atom stereocenters. The van der Waals surface area contributed by atoms with Gasteiger partial charge in [-0.25, -0.2) is 0 Å². The van der Waals surface area contributed by atoms with E-state index in [9.17, 15) is 4.79 Å². The van der Waals surface area contributed by atoms with Gasteiger partial charge in [0.1, 0.15) is 0 Å². The van der Waals surface area contributed by atoms with Crippen molar-refractivity contribution in [2.75, 3.05) is 0 Å². The number of esters is 1. The largest absolute Gasteiger partial charge is 0.436 e. The fourth-order valence-corrected chi connectivity index (χ4v) is 2.32. The van der Waals surface area contributed by atoms with Crippen LogP contribution in [0.5, 0.6) is 0 Å². The lowest BCUT2D eigenvalue weighted by Gasteiger charge is -2.40. The maximum Gasteiger partial charge on any atom is 0.304 e. The third-order valence-corrected chi connectivity index (χ3v) is 3.43. The van der Waals surface area contributed by atoms with Gasteiger partial charge in [0.2, 0.25) is 6.29 Å². The first-order chi connectivity index (χ1) is 9.32. The summed E-state index contributed by atoms with van der Waals surface area (Å²) in [6.07, 6.45) is 5.85. The van der Waals surface area contributed by atoms with Crippen LogP contribution in [0.25, 0.3) is 0 Å². The number of ether oxygens (including phenoxy) is 3. The number of hydrogen-bond donors (Lipinski definition) is 0. The summed E-state index contributed by atoms with van der Waals surface area (Å²) < 4.78 is 17.0. The molecule has 118 valence electrons. The summed E-state index contributed by atoms with van der Waals surface area (Å²) in [5.74, 6) is -0.297. The third kappa shape index (κ3) is 6.23. The molecule has 0 amide bonds. The van der Waals surface area contributed by atoms with E-state index in [-0.39, 0.29) is 23.8 Å². The lowest BCUT2D eigenvalue weighted by atomic mass is 9.94. The molecule has 4 heteroatoms. The molecule has 0 radical (unpaired) electrons. The van der Waals surface area contributed by atoms with Gasteiger partial charge in [-0.05, 0) is 6.42 Å². The van der Waals surface area contributed by atoms with E-state index in [2.05, 4.69) is 27.7 Å². The number of unbranched alkanes of at least 4 members (excludes halogenated alkanes) is 3. The fraction of sp³-hybridized carbons (Fsp3) is 0.938. The van der Waals surface area contributed by atoms with Crippen molar-refractivity contribution in [3.8, 4) is 0 Å². The molecular formula is C16H30O4. The monoisotopic (exact) mass is 286 g/mol. The molecule has 3 atom stereocenters. The minimum Gasteiger partial charge on any atom is -0.436 e. The minimum absolute atomic E-state index is 0.120. The Hall–Kier alpha value is -0.610. The van der Waals surface area contributed by atoms with Crippen LogP contribution in [-0.2, 0) is 19.0 Å². The fourth-order valence-electron chi connectivity index (χ4n) is 2.32. The first kappa shape index (κ1) is 17.4. The van der Waals surface area contributed by atoms with Crippen molar-refractivity contribution in [3.05, 3.63) is 0 Å². The molecule has 1 saturated heterocycles. The Morgan fingerprint density at radius 1 is 1.20 bits per heavy atom. The molecule has 0 saturated carbocycles. The van der Waals surface area contributed by atoms with E-state index in [1.165, 1.54) is 26.2 Å². The topological polar surface area (TPSA) is 44.8 Å². The van der Waals surface area contributed by atoms with Gasteiger partial charge in [-0.1, -0.05) is 53.4 Å². The zero-order chi connectivity index (χ0) is 15.2. The van der Waals surface area contributed by atoms with Crippen molar-refractivity contribution < 1.29 is 19.0 Å². The van der Waals surface area contributed by atoms with E-state index in [0.29, 0.717) is 6.42 Å². The predicted octanol–water partition coefficient (Wildman–Crippen LogP) is 4.02. The SMILES string of the molecule is CCCCCC[C@@H]1C[C@H](OC(C)=O)O[C@H](C(C)(C)C)O1. The Balaban J connectivity index is 2.53. The van der Waals surface area contributed by atoms with Crippen LogP contribution in [0.15, 0.2) is 0 Å². The van der Waals surface area contributed by atoms with Gasteiger partial charge in [0.05, 0.1) is 6.10 Å². The van der Waals surface area contributed by atoms with E-state index in [1.54, 1.807) is 0 Å². The van der Waals surface area contributed by atoms with Gasteiger partial charge in [0.25, 0.3) is 0 Å². The number of carbonyl (C=O) groups is 1. The van der Waals surface area contributed by atoms with Gasteiger partial charge >= 0.3 is 5.97 Å². The molecule has 20 heavy (non-hydrogen) atoms. The molecular weight excluding hydrogens is 256 g/mol. The van der Waals surface area contributed by atoms with Crippen LogP contribution in [0.1, 0.15) is 73.1 Å². The average molecular weight is 286 g/mol. The van der Waals surface area contributed by atoms with Crippen LogP contribution in [0.4, 0.5) is 0 Å². The zero-order valence-corrected chi connectivity index (χ0v) is 13.6. The molecule has 1 aliphatic rings. The second kappa shape index (κ2) is 7.99. The lowest BCUT2D eigenvalue weighted by molar-refractivity contribution is -0.325. The number of hydrogen-bond acceptors (Lipinski definition) is 4. The van der Waals surface area contributed by atoms with Crippen LogP contribution in [0.3, 0.4) is 0 Å². The number of rotatable bonds is 6. The Bertz CT molecular complexity index is 295. The molecule has 0 bridgehead atoms. The number of carbonyl (C=O) groups excluding carboxylic acids is 1. The van der Waals surface area contributed by atoms with Crippen molar-refractivity contribution in [2.24, 2.45) is 5.41 Å². The second-order valence-corrected chi connectivity index (χ2v) is 6.72. The normalized spacial score (nSPS) is 27.4. The maximum absolute atomic E-state index is 11.1. The summed E-state index contributed by atoms with van der Waals surface area (Å²) in [4.78, 5) is 11.1. The van der Waals surface area contributed by atoms with E-state index in [0.717, 1.165) is 12.8 Å². The highest BCUT2D eigenvalue weighted by atomic mass is 16.8. The summed E-state index contributed by atoms with van der Waals surface area (Å²) in [5.41, 5.74) is -0.125. The summed E-state index contributed by atoms with van der Waals surface area (Å²) in [5, 5.41) is 0. The molecule has 1 fully saturated rings. The van der Waals surface area contributed by atoms with E-state index < -0.39 is 6.29 Å². The highest BCUT2D eigenvalue weighted by Crippen LogP contribution is 2.33. The smallest absolute Gasteiger partial charge is 0.304 e. The summed E-state index contributed by atoms with van der Waals surface area (Å²) in [6, 6.07) is 0. The first-order valence-corrected chi connectivity index (χ1v) is 7.81. The van der Waals surface area contributed by atoms with E-state index in [1.807, 2.05) is 0 Å². The van der Waals surface area contributed by atoms with Gasteiger partial charge in [-0.2, -0.15) is 0 Å². The Morgan fingerprint density at radius 3 is 2.45 bits per heavy atom. The van der Waals surface area contributed by atoms with Gasteiger partial charge in [0, 0.05) is 18.8 Å². The molecule has 1 heterocycles. The van der Waals surface area contributed by atoms with Crippen LogP contribution >= 0.6 is 0 Å². The molecule has 0 aromatic heterocycles. The molecule has 0 aromatic carbocycles. The van der Waals surface area contributed by atoms with Crippen LogP contribution in [-0.4, -0.2) is 24.7 Å². The van der Waals surface area contributed by atoms with Gasteiger partial charge < -0.3 is 14.2 Å². The second-order valence-electron chi connectivity index (χ2n) is 6.72. The molecule has 1 aliphatic heterocycles. The van der Waals surface area contributed by atoms with E-state index >= 15 is 0 Å². The van der Waals surface area contributed by atoms with Gasteiger partial charge in [-0.15, -0.1) is 0 Å². The van der Waals surface area contributed by atoms with Crippen LogP contribution < -0.4 is 0 Å². The molecule has 4 nitrogen and oxygen atoms in total. The minimum atomic E-state index is -0.471. The summed E-state index contributed by atoms with van der Waals surface area (Å²) >= 11 is 0. The molecule has 0 aliphatic carbocycles. The molecule has 1 rings (SSSR count). The third-order valence-electron chi connectivity index (χ3n) is 3.43. The van der Waals surface area contributed by atoms with E-state index in [4.69, 9.17) is 14.2 Å². The lowest BCUT2D eigenvalue weighted by Crippen LogP contribution is -2.46. The Labute approximate surface area is 123 Å². The Kier molecular flexibility index (Phi) is 6.96. The van der Waals surface area contributed by atoms with Crippen molar-refractivity contribution >= 4 is 5.97 Å². The maximum atomic E-state index is 11.1. The predicted molar refractivity (Wildman–Crippen MR) is 78.1 cm³/mol. The standard InChI is InChI=1S/C16H30O4/c1-6-7-8-9-10-13-11-14(18-12(2)17)20-15(19-13)16(3,4)5/h13-15H,6-11H2,1-5H3/t13-,14-,15-/m1/s1. The summed E-state index contributed by atoms with van der Waals surface area (Å²) in [7, 11) is 0.